The normalized spacial score (nSPS) is 16.4. The molecular formula is CHBr3OS2. The van der Waals surface area contributed by atoms with E-state index in [4.69, 9.17) is 0 Å². The van der Waals surface area contributed by atoms with Crippen LogP contribution in [0.3, 0.4) is 0 Å². The quantitative estimate of drug-likeness (QED) is 0.537. The molecule has 1 atom stereocenters. The summed E-state index contributed by atoms with van der Waals surface area (Å²) in [6.45, 7) is 0. The Balaban J connectivity index is 4.08. The molecule has 0 N–H and O–H groups in total. The Kier molecular flexibility index (Phi) is 3.90. The summed E-state index contributed by atoms with van der Waals surface area (Å²) in [5.74, 6) is 0. The van der Waals surface area contributed by atoms with Crippen molar-refractivity contribution in [2.24, 2.45) is 0 Å². The van der Waals surface area contributed by atoms with Gasteiger partial charge in [0.15, 0.2) is 0 Å². The lowest BCUT2D eigenvalue weighted by molar-refractivity contribution is 0.694. The molecule has 44 valence electrons. The van der Waals surface area contributed by atoms with Gasteiger partial charge in [-0.05, 0) is 59.0 Å². The summed E-state index contributed by atoms with van der Waals surface area (Å²) in [6, 6.07) is 0. The van der Waals surface area contributed by atoms with Gasteiger partial charge in [-0.3, -0.25) is 4.21 Å². The Labute approximate surface area is 73.3 Å². The van der Waals surface area contributed by atoms with Crippen LogP contribution in [-0.2, 0) is 20.5 Å². The fraction of sp³-hybridized carbons (Fsp3) is 1.00. The topological polar surface area (TPSA) is 17.1 Å². The van der Waals surface area contributed by atoms with Gasteiger partial charge in [-0.15, -0.1) is 0 Å². The SMILES string of the molecule is O=[SH](=S)C(Br)(Br)Br. The predicted octanol–water partition coefficient (Wildman–Crippen LogP) is 1.73. The molecule has 0 saturated heterocycles. The molecule has 6 heteroatoms. The average Bonchev–Trinajstić information content (AvgIpc) is 1.31. The molecule has 0 aliphatic rings. The van der Waals surface area contributed by atoms with Gasteiger partial charge in [0.1, 0.15) is 0 Å². The van der Waals surface area contributed by atoms with E-state index in [9.17, 15) is 4.21 Å². The minimum absolute atomic E-state index is 0.738. The van der Waals surface area contributed by atoms with Gasteiger partial charge in [0.25, 0.3) is 0 Å². The van der Waals surface area contributed by atoms with Gasteiger partial charge in [0.2, 0.25) is 1.47 Å². The van der Waals surface area contributed by atoms with E-state index in [0.717, 1.165) is 0 Å². The van der Waals surface area contributed by atoms with E-state index < -0.39 is 10.8 Å². The van der Waals surface area contributed by atoms with Crippen molar-refractivity contribution in [3.05, 3.63) is 0 Å². The summed E-state index contributed by atoms with van der Waals surface area (Å²) in [5, 5.41) is 0. The van der Waals surface area contributed by atoms with E-state index in [2.05, 4.69) is 59.0 Å². The summed E-state index contributed by atoms with van der Waals surface area (Å²) < 4.78 is 9.55. The fourth-order valence-electron chi connectivity index (χ4n) is 0. The maximum Gasteiger partial charge on any atom is 0.208 e. The van der Waals surface area contributed by atoms with Gasteiger partial charge in [-0.25, -0.2) is 0 Å². The molecule has 0 radical (unpaired) electrons. The second-order valence-corrected chi connectivity index (χ2v) is 11.5. The zero-order valence-electron chi connectivity index (χ0n) is 2.90. The molecule has 0 bridgehead atoms. The lowest BCUT2D eigenvalue weighted by Gasteiger charge is -1.99. The molecule has 0 saturated carbocycles. The molecule has 1 unspecified atom stereocenters. The Morgan fingerprint density at radius 1 is 1.43 bits per heavy atom. The van der Waals surface area contributed by atoms with Gasteiger partial charge >= 0.3 is 0 Å². The maximum atomic E-state index is 10.3. The molecule has 0 spiro atoms. The third-order valence-corrected chi connectivity index (χ3v) is 6.45. The van der Waals surface area contributed by atoms with Crippen molar-refractivity contribution < 1.29 is 4.21 Å². The lowest BCUT2D eigenvalue weighted by atomic mass is 11.9. The maximum absolute atomic E-state index is 10.3. The monoisotopic (exact) mass is 330 g/mol. The van der Waals surface area contributed by atoms with Crippen LogP contribution in [0.1, 0.15) is 0 Å². The molecule has 0 aromatic heterocycles. The summed E-state index contributed by atoms with van der Waals surface area (Å²) in [4.78, 5) is 0. The zero-order valence-corrected chi connectivity index (χ0v) is 9.37. The van der Waals surface area contributed by atoms with E-state index >= 15 is 0 Å². The van der Waals surface area contributed by atoms with Crippen LogP contribution < -0.4 is 0 Å². The van der Waals surface area contributed by atoms with Crippen molar-refractivity contribution in [3.8, 4) is 0 Å². The van der Waals surface area contributed by atoms with Crippen LogP contribution in [0.5, 0.6) is 0 Å². The summed E-state index contributed by atoms with van der Waals surface area (Å²) in [5.41, 5.74) is 0. The molecular weight excluding hydrogens is 332 g/mol. The van der Waals surface area contributed by atoms with E-state index in [1.165, 1.54) is 0 Å². The minimum atomic E-state index is -1.66. The molecule has 0 heterocycles. The first-order valence-corrected chi connectivity index (χ1v) is 5.81. The van der Waals surface area contributed by atoms with Crippen molar-refractivity contribution >= 4 is 68.3 Å². The van der Waals surface area contributed by atoms with Crippen LogP contribution in [0.4, 0.5) is 0 Å². The van der Waals surface area contributed by atoms with Gasteiger partial charge in [-0.1, -0.05) is 0 Å². The first kappa shape index (κ1) is 8.81. The Morgan fingerprint density at radius 3 is 1.57 bits per heavy atom. The van der Waals surface area contributed by atoms with Crippen LogP contribution in [0.2, 0.25) is 0 Å². The van der Waals surface area contributed by atoms with Gasteiger partial charge < -0.3 is 0 Å². The molecule has 0 aliphatic carbocycles. The average molecular weight is 333 g/mol. The highest BCUT2D eigenvalue weighted by atomic mass is 80.0. The Bertz CT molecular complexity index is 113. The molecule has 0 aromatic rings. The largest absolute Gasteiger partial charge is 0.257 e. The highest BCUT2D eigenvalue weighted by molar-refractivity contribution is 9.42. The van der Waals surface area contributed by atoms with Gasteiger partial charge in [0, 0.05) is 0 Å². The first-order valence-electron chi connectivity index (χ1n) is 1.16. The van der Waals surface area contributed by atoms with Crippen molar-refractivity contribution in [2.45, 2.75) is 1.47 Å². The molecule has 0 aliphatic heterocycles. The van der Waals surface area contributed by atoms with Gasteiger partial charge in [-0.2, -0.15) is 0 Å². The number of thiol groups is 1. The molecule has 0 amide bonds. The summed E-state index contributed by atoms with van der Waals surface area (Å²) in [7, 11) is -1.66. The highest BCUT2D eigenvalue weighted by Crippen LogP contribution is 2.33. The van der Waals surface area contributed by atoms with Crippen LogP contribution in [0, 0.1) is 0 Å². The molecule has 0 rings (SSSR count). The first-order chi connectivity index (χ1) is 2.94. The number of halogens is 3. The van der Waals surface area contributed by atoms with E-state index in [1.807, 2.05) is 0 Å². The Hall–Kier alpha value is 1.81. The highest BCUT2D eigenvalue weighted by Gasteiger charge is 2.17. The number of rotatable bonds is 0. The van der Waals surface area contributed by atoms with Crippen molar-refractivity contribution in [2.75, 3.05) is 0 Å². The third-order valence-electron chi connectivity index (χ3n) is 0.207. The fourth-order valence-corrected chi connectivity index (χ4v) is 0. The van der Waals surface area contributed by atoms with Crippen LogP contribution in [0.25, 0.3) is 0 Å². The second-order valence-electron chi connectivity index (χ2n) is 0.725. The summed E-state index contributed by atoms with van der Waals surface area (Å²) >= 11 is 13.3. The minimum Gasteiger partial charge on any atom is -0.257 e. The van der Waals surface area contributed by atoms with Crippen molar-refractivity contribution in [1.82, 2.24) is 0 Å². The van der Waals surface area contributed by atoms with Crippen LogP contribution in [0.15, 0.2) is 0 Å². The lowest BCUT2D eigenvalue weighted by Crippen LogP contribution is -1.97. The van der Waals surface area contributed by atoms with Crippen molar-refractivity contribution in [1.29, 1.82) is 0 Å². The molecule has 1 nitrogen and oxygen atoms in total. The van der Waals surface area contributed by atoms with E-state index in [0.29, 0.717) is 0 Å². The van der Waals surface area contributed by atoms with E-state index in [1.54, 1.807) is 0 Å². The number of hydrogen-bond donors (Lipinski definition) is 1. The number of alkyl halides is 3. The molecule has 0 aromatic carbocycles. The second kappa shape index (κ2) is 3.10. The molecule has 7 heavy (non-hydrogen) atoms. The standard InChI is InChI=1S/CHBr3OS2/c2-1(3,4)7(5)6/h7H. The van der Waals surface area contributed by atoms with Gasteiger partial charge in [0.05, 0.1) is 9.36 Å². The Morgan fingerprint density at radius 2 is 1.57 bits per heavy atom. The zero-order chi connectivity index (χ0) is 6.08. The predicted molar refractivity (Wildman–Crippen MR) is 46.4 cm³/mol. The van der Waals surface area contributed by atoms with Crippen LogP contribution in [-0.4, -0.2) is 5.68 Å². The number of hydrogen-bond acceptors (Lipinski definition) is 2. The summed E-state index contributed by atoms with van der Waals surface area (Å²) in [6.07, 6.45) is 0. The van der Waals surface area contributed by atoms with Crippen LogP contribution >= 0.6 is 47.8 Å². The molecule has 0 fully saturated rings. The van der Waals surface area contributed by atoms with E-state index in [-0.39, 0.29) is 0 Å². The van der Waals surface area contributed by atoms with Crippen molar-refractivity contribution in [3.63, 3.8) is 0 Å². The smallest absolute Gasteiger partial charge is 0.208 e. The third kappa shape index (κ3) is 4.32.